The monoisotopic (exact) mass is 329 g/mol. The fourth-order valence-electron chi connectivity index (χ4n) is 2.33. The first kappa shape index (κ1) is 16.6. The van der Waals surface area contributed by atoms with Crippen molar-refractivity contribution in [3.8, 4) is 0 Å². The van der Waals surface area contributed by atoms with E-state index in [0.717, 1.165) is 17.3 Å². The molecule has 0 spiro atoms. The molecule has 19 heavy (non-hydrogen) atoms. The minimum absolute atomic E-state index is 0.203. The fraction of sp³-hybridized carbons (Fsp3) is 0.625. The Labute approximate surface area is 124 Å². The Balaban J connectivity index is 2.26. The van der Waals surface area contributed by atoms with Crippen LogP contribution in [0.15, 0.2) is 22.7 Å². The summed E-state index contributed by atoms with van der Waals surface area (Å²) in [6, 6.07) is 4.82. The third-order valence-electron chi connectivity index (χ3n) is 3.49. The van der Waals surface area contributed by atoms with Crippen LogP contribution in [0.1, 0.15) is 69.9 Å². The Morgan fingerprint density at radius 3 is 2.37 bits per heavy atom. The van der Waals surface area contributed by atoms with E-state index >= 15 is 0 Å². The fourth-order valence-corrected chi connectivity index (χ4v) is 2.97. The first-order valence-corrected chi connectivity index (χ1v) is 8.15. The standard InChI is InChI=1S/C16H25BrFN/c1-2-3-4-5-6-7-8-12-15(19)16-13(17)10-9-11-14(16)18/h9-11,15H,2-8,12,19H2,1H3. The Kier molecular flexibility index (Phi) is 8.31. The van der Waals surface area contributed by atoms with E-state index in [9.17, 15) is 4.39 Å². The van der Waals surface area contributed by atoms with E-state index in [1.54, 1.807) is 6.07 Å². The van der Waals surface area contributed by atoms with Gasteiger partial charge in [0.25, 0.3) is 0 Å². The third kappa shape index (κ3) is 6.05. The van der Waals surface area contributed by atoms with E-state index in [2.05, 4.69) is 22.9 Å². The van der Waals surface area contributed by atoms with Crippen molar-refractivity contribution in [3.63, 3.8) is 0 Å². The highest BCUT2D eigenvalue weighted by molar-refractivity contribution is 9.10. The van der Waals surface area contributed by atoms with Crippen LogP contribution in [0.4, 0.5) is 4.39 Å². The van der Waals surface area contributed by atoms with Crippen LogP contribution in [-0.2, 0) is 0 Å². The summed E-state index contributed by atoms with van der Waals surface area (Å²) in [6.45, 7) is 2.23. The zero-order valence-electron chi connectivity index (χ0n) is 11.8. The molecule has 108 valence electrons. The first-order chi connectivity index (χ1) is 9.16. The van der Waals surface area contributed by atoms with Gasteiger partial charge in [0, 0.05) is 16.1 Å². The smallest absolute Gasteiger partial charge is 0.129 e. The highest BCUT2D eigenvalue weighted by Gasteiger charge is 2.14. The number of unbranched alkanes of at least 4 members (excludes halogenated alkanes) is 6. The zero-order valence-corrected chi connectivity index (χ0v) is 13.4. The number of rotatable bonds is 9. The summed E-state index contributed by atoms with van der Waals surface area (Å²) in [5.41, 5.74) is 6.71. The van der Waals surface area contributed by atoms with E-state index in [4.69, 9.17) is 5.73 Å². The van der Waals surface area contributed by atoms with E-state index in [0.29, 0.717) is 5.56 Å². The van der Waals surface area contributed by atoms with Gasteiger partial charge in [0.05, 0.1) is 0 Å². The van der Waals surface area contributed by atoms with Gasteiger partial charge in [0.1, 0.15) is 5.82 Å². The molecule has 1 atom stereocenters. The molecule has 0 aliphatic rings. The number of benzene rings is 1. The molecule has 0 radical (unpaired) electrons. The molecule has 1 nitrogen and oxygen atoms in total. The molecule has 0 heterocycles. The molecule has 3 heteroatoms. The molecule has 0 aliphatic carbocycles. The van der Waals surface area contributed by atoms with E-state index < -0.39 is 0 Å². The summed E-state index contributed by atoms with van der Waals surface area (Å²) in [5, 5.41) is 0. The van der Waals surface area contributed by atoms with Crippen LogP contribution in [0.25, 0.3) is 0 Å². The molecular formula is C16H25BrFN. The van der Waals surface area contributed by atoms with Gasteiger partial charge in [-0.1, -0.05) is 73.9 Å². The lowest BCUT2D eigenvalue weighted by atomic mass is 10.00. The van der Waals surface area contributed by atoms with Crippen molar-refractivity contribution in [2.45, 2.75) is 64.3 Å². The second-order valence-electron chi connectivity index (χ2n) is 5.15. The topological polar surface area (TPSA) is 26.0 Å². The lowest BCUT2D eigenvalue weighted by Gasteiger charge is -2.14. The van der Waals surface area contributed by atoms with Gasteiger partial charge in [0.2, 0.25) is 0 Å². The molecule has 1 aromatic rings. The summed E-state index contributed by atoms with van der Waals surface area (Å²) in [4.78, 5) is 0. The van der Waals surface area contributed by atoms with Gasteiger partial charge in [-0.15, -0.1) is 0 Å². The molecule has 2 N–H and O–H groups in total. The van der Waals surface area contributed by atoms with Crippen LogP contribution < -0.4 is 5.73 Å². The van der Waals surface area contributed by atoms with Crippen LogP contribution in [0.3, 0.4) is 0 Å². The summed E-state index contributed by atoms with van der Waals surface area (Å²) in [5.74, 6) is -0.204. The predicted molar refractivity (Wildman–Crippen MR) is 83.6 cm³/mol. The number of halogens is 2. The van der Waals surface area contributed by atoms with E-state index in [-0.39, 0.29) is 11.9 Å². The quantitative estimate of drug-likeness (QED) is 0.575. The van der Waals surface area contributed by atoms with Crippen molar-refractivity contribution < 1.29 is 4.39 Å². The molecule has 0 amide bonds. The Morgan fingerprint density at radius 2 is 1.74 bits per heavy atom. The molecule has 0 saturated heterocycles. The minimum atomic E-state index is -0.204. The van der Waals surface area contributed by atoms with E-state index in [1.807, 2.05) is 6.07 Å². The average Bonchev–Trinajstić information content (AvgIpc) is 2.37. The molecule has 1 rings (SSSR count). The highest BCUT2D eigenvalue weighted by atomic mass is 79.9. The van der Waals surface area contributed by atoms with Crippen LogP contribution in [0, 0.1) is 5.82 Å². The molecular weight excluding hydrogens is 305 g/mol. The molecule has 0 aromatic heterocycles. The lowest BCUT2D eigenvalue weighted by Crippen LogP contribution is -2.12. The second-order valence-corrected chi connectivity index (χ2v) is 6.01. The first-order valence-electron chi connectivity index (χ1n) is 7.36. The van der Waals surface area contributed by atoms with Gasteiger partial charge in [-0.2, -0.15) is 0 Å². The van der Waals surface area contributed by atoms with E-state index in [1.165, 1.54) is 44.6 Å². The second kappa shape index (κ2) is 9.49. The minimum Gasteiger partial charge on any atom is -0.324 e. The SMILES string of the molecule is CCCCCCCCCC(N)c1c(F)cccc1Br. The molecule has 0 aliphatic heterocycles. The largest absolute Gasteiger partial charge is 0.324 e. The van der Waals surface area contributed by atoms with Gasteiger partial charge in [-0.25, -0.2) is 4.39 Å². The van der Waals surface area contributed by atoms with Crippen molar-refractivity contribution in [2.24, 2.45) is 5.73 Å². The van der Waals surface area contributed by atoms with Gasteiger partial charge < -0.3 is 5.73 Å². The normalized spacial score (nSPS) is 12.6. The molecule has 1 aromatic carbocycles. The Bertz CT molecular complexity index is 348. The van der Waals surface area contributed by atoms with Crippen molar-refractivity contribution in [2.75, 3.05) is 0 Å². The van der Waals surface area contributed by atoms with Gasteiger partial charge in [-0.3, -0.25) is 0 Å². The van der Waals surface area contributed by atoms with Crippen molar-refractivity contribution in [1.82, 2.24) is 0 Å². The summed E-state index contributed by atoms with van der Waals surface area (Å²) in [6.07, 6.45) is 9.66. The number of hydrogen-bond donors (Lipinski definition) is 1. The van der Waals surface area contributed by atoms with Crippen molar-refractivity contribution in [3.05, 3.63) is 34.1 Å². The van der Waals surface area contributed by atoms with Crippen molar-refractivity contribution in [1.29, 1.82) is 0 Å². The van der Waals surface area contributed by atoms with Crippen LogP contribution in [0.5, 0.6) is 0 Å². The predicted octanol–water partition coefficient (Wildman–Crippen LogP) is 5.73. The number of nitrogens with two attached hydrogens (primary N) is 1. The van der Waals surface area contributed by atoms with Crippen LogP contribution in [-0.4, -0.2) is 0 Å². The summed E-state index contributed by atoms with van der Waals surface area (Å²) < 4.78 is 14.5. The Hall–Kier alpha value is -0.410. The maximum Gasteiger partial charge on any atom is 0.129 e. The van der Waals surface area contributed by atoms with Gasteiger partial charge >= 0.3 is 0 Å². The lowest BCUT2D eigenvalue weighted by molar-refractivity contribution is 0.519. The molecule has 1 unspecified atom stereocenters. The van der Waals surface area contributed by atoms with Gasteiger partial charge in [-0.05, 0) is 18.6 Å². The summed E-state index contributed by atoms with van der Waals surface area (Å²) in [7, 11) is 0. The van der Waals surface area contributed by atoms with Gasteiger partial charge in [0.15, 0.2) is 0 Å². The Morgan fingerprint density at radius 1 is 1.11 bits per heavy atom. The molecule has 0 fully saturated rings. The van der Waals surface area contributed by atoms with Crippen molar-refractivity contribution >= 4 is 15.9 Å². The maximum atomic E-state index is 13.7. The highest BCUT2D eigenvalue weighted by Crippen LogP contribution is 2.28. The zero-order chi connectivity index (χ0) is 14.1. The molecule has 0 bridgehead atoms. The molecule has 0 saturated carbocycles. The number of hydrogen-bond acceptors (Lipinski definition) is 1. The van der Waals surface area contributed by atoms with Crippen LogP contribution >= 0.6 is 15.9 Å². The van der Waals surface area contributed by atoms with Crippen LogP contribution in [0.2, 0.25) is 0 Å². The summed E-state index contributed by atoms with van der Waals surface area (Å²) >= 11 is 3.38. The average molecular weight is 330 g/mol. The third-order valence-corrected chi connectivity index (χ3v) is 4.18. The maximum absolute atomic E-state index is 13.7.